The van der Waals surface area contributed by atoms with Gasteiger partial charge in [0.05, 0.1) is 12.6 Å². The SMILES string of the molecule is O=C1CCCN1CC(O)CN1CCOc2cccc(F)c21. The van der Waals surface area contributed by atoms with Crippen LogP contribution in [0.5, 0.6) is 5.75 Å². The van der Waals surface area contributed by atoms with Gasteiger partial charge in [-0.25, -0.2) is 4.39 Å². The lowest BCUT2D eigenvalue weighted by molar-refractivity contribution is -0.128. The summed E-state index contributed by atoms with van der Waals surface area (Å²) in [6.45, 7) is 2.29. The van der Waals surface area contributed by atoms with Crippen LogP contribution in [0.25, 0.3) is 0 Å². The molecular formula is C15H19FN2O3. The van der Waals surface area contributed by atoms with Crippen molar-refractivity contribution < 1.29 is 19.0 Å². The molecule has 0 bridgehead atoms. The molecule has 1 aromatic carbocycles. The molecule has 0 saturated carbocycles. The second-order valence-electron chi connectivity index (χ2n) is 5.48. The van der Waals surface area contributed by atoms with Gasteiger partial charge < -0.3 is 19.6 Å². The number of halogens is 1. The minimum atomic E-state index is -0.697. The average molecular weight is 294 g/mol. The molecule has 2 aliphatic rings. The zero-order chi connectivity index (χ0) is 14.8. The topological polar surface area (TPSA) is 53.0 Å². The van der Waals surface area contributed by atoms with Gasteiger partial charge in [0.25, 0.3) is 0 Å². The molecule has 0 radical (unpaired) electrons. The first-order chi connectivity index (χ1) is 10.1. The van der Waals surface area contributed by atoms with Gasteiger partial charge in [-0.2, -0.15) is 0 Å². The van der Waals surface area contributed by atoms with Gasteiger partial charge in [0.2, 0.25) is 5.91 Å². The van der Waals surface area contributed by atoms with Crippen LogP contribution in [-0.4, -0.2) is 54.8 Å². The van der Waals surface area contributed by atoms with Crippen LogP contribution in [-0.2, 0) is 4.79 Å². The molecule has 1 atom stereocenters. The van der Waals surface area contributed by atoms with Crippen LogP contribution in [0.3, 0.4) is 0 Å². The number of carbonyl (C=O) groups is 1. The number of anilines is 1. The Balaban J connectivity index is 1.67. The number of hydrogen-bond donors (Lipinski definition) is 1. The van der Waals surface area contributed by atoms with E-state index in [4.69, 9.17) is 4.74 Å². The summed E-state index contributed by atoms with van der Waals surface area (Å²) in [4.78, 5) is 15.0. The van der Waals surface area contributed by atoms with Crippen LogP contribution in [0.4, 0.5) is 10.1 Å². The number of carbonyl (C=O) groups excluding carboxylic acids is 1. The van der Waals surface area contributed by atoms with Gasteiger partial charge in [0, 0.05) is 26.1 Å². The van der Waals surface area contributed by atoms with Gasteiger partial charge >= 0.3 is 0 Å². The highest BCUT2D eigenvalue weighted by atomic mass is 19.1. The highest BCUT2D eigenvalue weighted by molar-refractivity contribution is 5.78. The Morgan fingerprint density at radius 3 is 2.86 bits per heavy atom. The smallest absolute Gasteiger partial charge is 0.222 e. The average Bonchev–Trinajstić information content (AvgIpc) is 2.84. The molecule has 3 rings (SSSR count). The number of aliphatic hydroxyl groups is 1. The van der Waals surface area contributed by atoms with Crippen molar-refractivity contribution in [3.05, 3.63) is 24.0 Å². The molecule has 2 aliphatic heterocycles. The van der Waals surface area contributed by atoms with Gasteiger partial charge in [0.1, 0.15) is 23.9 Å². The predicted octanol–water partition coefficient (Wildman–Crippen LogP) is 1.01. The lowest BCUT2D eigenvalue weighted by Gasteiger charge is -2.33. The minimum absolute atomic E-state index is 0.0857. The fraction of sp³-hybridized carbons (Fsp3) is 0.533. The zero-order valence-electron chi connectivity index (χ0n) is 11.8. The molecular weight excluding hydrogens is 275 g/mol. The van der Waals surface area contributed by atoms with Crippen molar-refractivity contribution in [2.24, 2.45) is 0 Å². The van der Waals surface area contributed by atoms with Crippen molar-refractivity contribution >= 4 is 11.6 Å². The number of likely N-dealkylation sites (tertiary alicyclic amines) is 1. The number of β-amino-alcohol motifs (C(OH)–C–C–N with tert-alkyl or cyclic N) is 1. The summed E-state index contributed by atoms with van der Waals surface area (Å²) >= 11 is 0. The number of nitrogens with zero attached hydrogens (tertiary/aromatic N) is 2. The molecule has 1 fully saturated rings. The summed E-state index contributed by atoms with van der Waals surface area (Å²) in [5.41, 5.74) is 0.399. The van der Waals surface area contributed by atoms with E-state index in [1.54, 1.807) is 21.9 Å². The van der Waals surface area contributed by atoms with E-state index in [1.165, 1.54) is 6.07 Å². The lowest BCUT2D eigenvalue weighted by atomic mass is 10.2. The second kappa shape index (κ2) is 5.89. The fourth-order valence-electron chi connectivity index (χ4n) is 2.94. The fourth-order valence-corrected chi connectivity index (χ4v) is 2.94. The molecule has 1 N–H and O–H groups in total. The van der Waals surface area contributed by atoms with E-state index in [-0.39, 0.29) is 11.7 Å². The van der Waals surface area contributed by atoms with Gasteiger partial charge in [-0.05, 0) is 18.6 Å². The largest absolute Gasteiger partial charge is 0.489 e. The summed E-state index contributed by atoms with van der Waals surface area (Å²) in [6.07, 6.45) is 0.708. The van der Waals surface area contributed by atoms with Crippen molar-refractivity contribution in [3.63, 3.8) is 0 Å². The summed E-state index contributed by atoms with van der Waals surface area (Å²) in [6, 6.07) is 4.72. The van der Waals surface area contributed by atoms with E-state index in [9.17, 15) is 14.3 Å². The van der Waals surface area contributed by atoms with Crippen LogP contribution in [0.2, 0.25) is 0 Å². The van der Waals surface area contributed by atoms with E-state index in [0.29, 0.717) is 50.6 Å². The standard InChI is InChI=1S/C15H19FN2O3/c16-12-3-1-4-13-15(12)18(7-8-21-13)10-11(19)9-17-6-2-5-14(17)20/h1,3-4,11,19H,2,5-10H2. The Labute approximate surface area is 122 Å². The molecule has 6 heteroatoms. The predicted molar refractivity (Wildman–Crippen MR) is 75.9 cm³/mol. The Kier molecular flexibility index (Phi) is 3.96. The molecule has 114 valence electrons. The molecule has 0 aliphatic carbocycles. The van der Waals surface area contributed by atoms with Crippen molar-refractivity contribution in [2.45, 2.75) is 18.9 Å². The first-order valence-corrected chi connectivity index (χ1v) is 7.27. The summed E-state index contributed by atoms with van der Waals surface area (Å²) in [5.74, 6) is 0.241. The van der Waals surface area contributed by atoms with Gasteiger partial charge in [-0.15, -0.1) is 0 Å². The Morgan fingerprint density at radius 1 is 1.29 bits per heavy atom. The number of amides is 1. The molecule has 1 aromatic rings. The van der Waals surface area contributed by atoms with E-state index in [1.807, 2.05) is 0 Å². The van der Waals surface area contributed by atoms with Crippen LogP contribution in [0, 0.1) is 5.82 Å². The third-order valence-electron chi connectivity index (χ3n) is 3.92. The van der Waals surface area contributed by atoms with E-state index >= 15 is 0 Å². The third kappa shape index (κ3) is 2.95. The number of para-hydroxylation sites is 1. The number of benzene rings is 1. The van der Waals surface area contributed by atoms with Gasteiger partial charge in [0.15, 0.2) is 0 Å². The zero-order valence-corrected chi connectivity index (χ0v) is 11.8. The Morgan fingerprint density at radius 2 is 2.10 bits per heavy atom. The maximum Gasteiger partial charge on any atom is 0.222 e. The van der Waals surface area contributed by atoms with Crippen LogP contribution in [0.15, 0.2) is 18.2 Å². The van der Waals surface area contributed by atoms with Gasteiger partial charge in [-0.3, -0.25) is 4.79 Å². The molecule has 1 saturated heterocycles. The Hall–Kier alpha value is -1.82. The second-order valence-corrected chi connectivity index (χ2v) is 5.48. The van der Waals surface area contributed by atoms with Crippen molar-refractivity contribution in [2.75, 3.05) is 37.7 Å². The molecule has 21 heavy (non-hydrogen) atoms. The quantitative estimate of drug-likeness (QED) is 0.900. The maximum atomic E-state index is 14.0. The number of ether oxygens (including phenoxy) is 1. The normalized spacial score (nSPS) is 19.4. The monoisotopic (exact) mass is 294 g/mol. The van der Waals surface area contributed by atoms with Gasteiger partial charge in [-0.1, -0.05) is 6.07 Å². The maximum absolute atomic E-state index is 14.0. The van der Waals surface area contributed by atoms with Crippen LogP contribution < -0.4 is 9.64 Å². The molecule has 1 amide bonds. The van der Waals surface area contributed by atoms with Crippen molar-refractivity contribution in [1.82, 2.24) is 4.90 Å². The highest BCUT2D eigenvalue weighted by Gasteiger charge is 2.27. The molecule has 2 heterocycles. The highest BCUT2D eigenvalue weighted by Crippen LogP contribution is 2.33. The third-order valence-corrected chi connectivity index (χ3v) is 3.92. The summed E-state index contributed by atoms with van der Waals surface area (Å²) < 4.78 is 19.4. The molecule has 1 unspecified atom stereocenters. The number of aliphatic hydroxyl groups excluding tert-OH is 1. The van der Waals surface area contributed by atoms with Crippen molar-refractivity contribution in [3.8, 4) is 5.75 Å². The molecule has 0 spiro atoms. The molecule has 0 aromatic heterocycles. The first-order valence-electron chi connectivity index (χ1n) is 7.27. The molecule has 5 nitrogen and oxygen atoms in total. The number of fused-ring (bicyclic) bond motifs is 1. The summed E-state index contributed by atoms with van der Waals surface area (Å²) in [5, 5.41) is 10.2. The lowest BCUT2D eigenvalue weighted by Crippen LogP contribution is -2.43. The first kappa shape index (κ1) is 14.1. The minimum Gasteiger partial charge on any atom is -0.489 e. The number of hydrogen-bond acceptors (Lipinski definition) is 4. The van der Waals surface area contributed by atoms with Crippen LogP contribution >= 0.6 is 0 Å². The van der Waals surface area contributed by atoms with Crippen molar-refractivity contribution in [1.29, 1.82) is 0 Å². The van der Waals surface area contributed by atoms with E-state index in [2.05, 4.69) is 0 Å². The van der Waals surface area contributed by atoms with Crippen LogP contribution in [0.1, 0.15) is 12.8 Å². The number of rotatable bonds is 4. The summed E-state index contributed by atoms with van der Waals surface area (Å²) in [7, 11) is 0. The van der Waals surface area contributed by atoms with E-state index in [0.717, 1.165) is 6.42 Å². The Bertz CT molecular complexity index is 538. The van der Waals surface area contributed by atoms with E-state index < -0.39 is 6.10 Å².